The standard InChI is InChI=1S/C16H19N3O5/c1-2-18(9-8-14(21)22)13(20)7-10-19-16(24)12-6-4-3-5-11(12)15(23)17-19/h3-6H,2,7-10H2,1H3,(H,17,23)(H,21,22). The van der Waals surface area contributed by atoms with Crippen molar-refractivity contribution in [2.45, 2.75) is 26.3 Å². The Labute approximate surface area is 137 Å². The van der Waals surface area contributed by atoms with Crippen molar-refractivity contribution < 1.29 is 14.7 Å². The third kappa shape index (κ3) is 3.89. The molecule has 0 radical (unpaired) electrons. The number of benzene rings is 1. The van der Waals surface area contributed by atoms with Crippen LogP contribution >= 0.6 is 0 Å². The molecule has 0 spiro atoms. The van der Waals surface area contributed by atoms with Gasteiger partial charge >= 0.3 is 5.97 Å². The molecule has 0 aliphatic rings. The fraction of sp³-hybridized carbons (Fsp3) is 0.375. The molecule has 2 aromatic rings. The second-order valence-electron chi connectivity index (χ2n) is 5.31. The molecule has 0 aliphatic heterocycles. The lowest BCUT2D eigenvalue weighted by atomic mass is 10.2. The Kier molecular flexibility index (Phi) is 5.51. The molecule has 1 heterocycles. The number of amides is 1. The number of hydrogen-bond donors (Lipinski definition) is 2. The van der Waals surface area contributed by atoms with E-state index in [2.05, 4.69) is 5.10 Å². The summed E-state index contributed by atoms with van der Waals surface area (Å²) in [4.78, 5) is 48.5. The van der Waals surface area contributed by atoms with Gasteiger partial charge < -0.3 is 10.0 Å². The van der Waals surface area contributed by atoms with Gasteiger partial charge in [0.2, 0.25) is 5.91 Å². The third-order valence-corrected chi connectivity index (χ3v) is 3.76. The summed E-state index contributed by atoms with van der Waals surface area (Å²) in [6.45, 7) is 2.29. The number of carbonyl (C=O) groups excluding carboxylic acids is 1. The Hall–Kier alpha value is -2.90. The molecule has 128 valence electrons. The van der Waals surface area contributed by atoms with Crippen molar-refractivity contribution in [1.29, 1.82) is 0 Å². The van der Waals surface area contributed by atoms with Gasteiger partial charge in [0.25, 0.3) is 11.1 Å². The normalized spacial score (nSPS) is 10.7. The molecule has 0 atom stereocenters. The molecule has 1 aromatic heterocycles. The van der Waals surface area contributed by atoms with E-state index in [0.29, 0.717) is 17.3 Å². The first-order valence-corrected chi connectivity index (χ1v) is 7.65. The fourth-order valence-corrected chi connectivity index (χ4v) is 2.46. The molecular weight excluding hydrogens is 314 g/mol. The number of carboxylic acid groups (broad SMARTS) is 1. The zero-order chi connectivity index (χ0) is 17.7. The second-order valence-corrected chi connectivity index (χ2v) is 5.31. The molecule has 0 unspecified atom stereocenters. The van der Waals surface area contributed by atoms with Gasteiger partial charge in [-0.1, -0.05) is 12.1 Å². The summed E-state index contributed by atoms with van der Waals surface area (Å²) in [5.74, 6) is -1.24. The minimum Gasteiger partial charge on any atom is -0.481 e. The molecule has 8 nitrogen and oxygen atoms in total. The maximum absolute atomic E-state index is 12.3. The highest BCUT2D eigenvalue weighted by molar-refractivity contribution is 5.80. The topological polar surface area (TPSA) is 112 Å². The number of H-pyrrole nitrogens is 1. The van der Waals surface area contributed by atoms with Gasteiger partial charge in [0, 0.05) is 19.5 Å². The zero-order valence-corrected chi connectivity index (χ0v) is 13.3. The summed E-state index contributed by atoms with van der Waals surface area (Å²) < 4.78 is 1.12. The zero-order valence-electron chi connectivity index (χ0n) is 13.3. The predicted molar refractivity (Wildman–Crippen MR) is 88.0 cm³/mol. The fourth-order valence-electron chi connectivity index (χ4n) is 2.46. The molecule has 0 bridgehead atoms. The van der Waals surface area contributed by atoms with Gasteiger partial charge in [-0.05, 0) is 19.1 Å². The molecule has 1 amide bonds. The predicted octanol–water partition coefficient (Wildman–Crippen LogP) is 0.403. The van der Waals surface area contributed by atoms with E-state index in [4.69, 9.17) is 5.11 Å². The molecule has 0 saturated carbocycles. The van der Waals surface area contributed by atoms with Crippen molar-refractivity contribution in [3.05, 3.63) is 45.0 Å². The third-order valence-electron chi connectivity index (χ3n) is 3.76. The average Bonchev–Trinajstić information content (AvgIpc) is 2.57. The lowest BCUT2D eigenvalue weighted by Crippen LogP contribution is -2.35. The quantitative estimate of drug-likeness (QED) is 0.762. The molecule has 1 aromatic carbocycles. The van der Waals surface area contributed by atoms with Crippen LogP contribution in [0.15, 0.2) is 33.9 Å². The van der Waals surface area contributed by atoms with Crippen LogP contribution in [0.4, 0.5) is 0 Å². The van der Waals surface area contributed by atoms with Crippen molar-refractivity contribution in [3.63, 3.8) is 0 Å². The van der Waals surface area contributed by atoms with Crippen molar-refractivity contribution >= 4 is 22.6 Å². The van der Waals surface area contributed by atoms with Crippen LogP contribution < -0.4 is 11.1 Å². The van der Waals surface area contributed by atoms with Crippen molar-refractivity contribution in [3.8, 4) is 0 Å². The summed E-state index contributed by atoms with van der Waals surface area (Å²) in [5, 5.41) is 11.8. The lowest BCUT2D eigenvalue weighted by molar-refractivity contribution is -0.138. The Morgan fingerprint density at radius 1 is 1.17 bits per heavy atom. The van der Waals surface area contributed by atoms with Gasteiger partial charge in [-0.3, -0.25) is 24.3 Å². The summed E-state index contributed by atoms with van der Waals surface area (Å²) in [7, 11) is 0. The Balaban J connectivity index is 2.14. The number of nitrogens with zero attached hydrogens (tertiary/aromatic N) is 2. The highest BCUT2D eigenvalue weighted by atomic mass is 16.4. The van der Waals surface area contributed by atoms with Crippen molar-refractivity contribution in [2.75, 3.05) is 13.1 Å². The van der Waals surface area contributed by atoms with Gasteiger partial charge in [-0.2, -0.15) is 0 Å². The minimum atomic E-state index is -0.976. The Bertz CT molecular complexity index is 868. The van der Waals surface area contributed by atoms with Crippen LogP contribution in [0.1, 0.15) is 19.8 Å². The molecule has 2 N–H and O–H groups in total. The molecule has 0 saturated heterocycles. The molecular formula is C16H19N3O5. The van der Waals surface area contributed by atoms with Crippen LogP contribution in [-0.2, 0) is 16.1 Å². The van der Waals surface area contributed by atoms with Crippen LogP contribution in [-0.4, -0.2) is 44.8 Å². The number of aromatic nitrogens is 2. The number of aliphatic carboxylic acids is 1. The minimum absolute atomic E-state index is 0.00163. The lowest BCUT2D eigenvalue weighted by Gasteiger charge is -2.20. The van der Waals surface area contributed by atoms with Crippen LogP contribution in [0.2, 0.25) is 0 Å². The molecule has 2 rings (SSSR count). The summed E-state index contributed by atoms with van der Waals surface area (Å²) >= 11 is 0. The van der Waals surface area contributed by atoms with E-state index in [1.165, 1.54) is 4.90 Å². The van der Waals surface area contributed by atoms with E-state index in [-0.39, 0.29) is 37.4 Å². The summed E-state index contributed by atoms with van der Waals surface area (Å²) in [6, 6.07) is 6.47. The van der Waals surface area contributed by atoms with Gasteiger partial charge in [0.05, 0.1) is 23.7 Å². The number of hydrogen-bond acceptors (Lipinski definition) is 4. The van der Waals surface area contributed by atoms with Gasteiger partial charge in [-0.25, -0.2) is 4.68 Å². The maximum Gasteiger partial charge on any atom is 0.305 e. The van der Waals surface area contributed by atoms with Crippen molar-refractivity contribution in [1.82, 2.24) is 14.7 Å². The van der Waals surface area contributed by atoms with E-state index >= 15 is 0 Å². The Morgan fingerprint density at radius 3 is 2.46 bits per heavy atom. The summed E-state index contributed by atoms with van der Waals surface area (Å²) in [6.07, 6.45) is -0.131. The molecule has 0 fully saturated rings. The monoisotopic (exact) mass is 333 g/mol. The first kappa shape index (κ1) is 17.5. The smallest absolute Gasteiger partial charge is 0.305 e. The van der Waals surface area contributed by atoms with Crippen LogP contribution in [0.3, 0.4) is 0 Å². The van der Waals surface area contributed by atoms with E-state index < -0.39 is 11.5 Å². The SMILES string of the molecule is CCN(CCC(=O)O)C(=O)CCn1[nH]c(=O)c2ccccc2c1=O. The van der Waals surface area contributed by atoms with E-state index in [0.717, 1.165) is 4.68 Å². The highest BCUT2D eigenvalue weighted by Crippen LogP contribution is 2.03. The van der Waals surface area contributed by atoms with Gasteiger partial charge in [0.15, 0.2) is 0 Å². The number of aryl methyl sites for hydroxylation is 1. The number of aromatic amines is 1. The summed E-state index contributed by atoms with van der Waals surface area (Å²) in [5.41, 5.74) is -0.762. The van der Waals surface area contributed by atoms with E-state index in [1.807, 2.05) is 0 Å². The number of nitrogens with one attached hydrogen (secondary N) is 1. The van der Waals surface area contributed by atoms with Crippen LogP contribution in [0.25, 0.3) is 10.8 Å². The highest BCUT2D eigenvalue weighted by Gasteiger charge is 2.14. The van der Waals surface area contributed by atoms with Crippen LogP contribution in [0, 0.1) is 0 Å². The number of rotatable bonds is 7. The first-order valence-electron chi connectivity index (χ1n) is 7.65. The van der Waals surface area contributed by atoms with Gasteiger partial charge in [-0.15, -0.1) is 0 Å². The molecule has 0 aliphatic carbocycles. The Morgan fingerprint density at radius 2 is 1.83 bits per heavy atom. The van der Waals surface area contributed by atoms with Crippen LogP contribution in [0.5, 0.6) is 0 Å². The van der Waals surface area contributed by atoms with E-state index in [9.17, 15) is 19.2 Å². The average molecular weight is 333 g/mol. The number of fused-ring (bicyclic) bond motifs is 1. The molecule has 24 heavy (non-hydrogen) atoms. The first-order chi connectivity index (χ1) is 11.4. The number of carboxylic acids is 1. The van der Waals surface area contributed by atoms with Crippen molar-refractivity contribution in [2.24, 2.45) is 0 Å². The number of carbonyl (C=O) groups is 2. The molecule has 8 heteroatoms. The van der Waals surface area contributed by atoms with E-state index in [1.54, 1.807) is 31.2 Å². The van der Waals surface area contributed by atoms with Gasteiger partial charge in [0.1, 0.15) is 0 Å². The largest absolute Gasteiger partial charge is 0.481 e. The second kappa shape index (κ2) is 7.58. The maximum atomic E-state index is 12.3.